The number of nitrogens with one attached hydrogen (secondary N) is 2. The summed E-state index contributed by atoms with van der Waals surface area (Å²) in [7, 11) is 0. The molecule has 160 valence electrons. The fourth-order valence-electron chi connectivity index (χ4n) is 4.25. The third kappa shape index (κ3) is 3.39. The number of aromatic nitrogens is 2. The van der Waals surface area contributed by atoms with Crippen LogP contribution < -0.4 is 15.4 Å². The largest absolute Gasteiger partial charge is 0.492 e. The Labute approximate surface area is 186 Å². The van der Waals surface area contributed by atoms with E-state index in [-0.39, 0.29) is 11.9 Å². The molecule has 5 rings (SSSR count). The van der Waals surface area contributed by atoms with Gasteiger partial charge < -0.3 is 15.4 Å². The molecule has 0 saturated carbocycles. The van der Waals surface area contributed by atoms with Gasteiger partial charge in [-0.1, -0.05) is 54.6 Å². The highest BCUT2D eigenvalue weighted by Gasteiger charge is 2.34. The lowest BCUT2D eigenvalue weighted by Gasteiger charge is -2.30. The molecule has 0 bridgehead atoms. The van der Waals surface area contributed by atoms with Gasteiger partial charge in [0.25, 0.3) is 5.91 Å². The Morgan fingerprint density at radius 1 is 1.03 bits per heavy atom. The van der Waals surface area contributed by atoms with Crippen LogP contribution in [0.3, 0.4) is 0 Å². The second kappa shape index (κ2) is 8.23. The number of amides is 1. The molecule has 6 heteroatoms. The van der Waals surface area contributed by atoms with E-state index in [1.807, 2.05) is 92.7 Å². The number of rotatable bonds is 5. The van der Waals surface area contributed by atoms with Crippen molar-refractivity contribution in [2.24, 2.45) is 0 Å². The highest BCUT2D eigenvalue weighted by atomic mass is 16.5. The third-order valence-corrected chi connectivity index (χ3v) is 5.63. The van der Waals surface area contributed by atoms with E-state index in [1.54, 1.807) is 0 Å². The van der Waals surface area contributed by atoms with Crippen molar-refractivity contribution in [3.8, 4) is 5.75 Å². The summed E-state index contributed by atoms with van der Waals surface area (Å²) in [5.41, 5.74) is 4.92. The molecule has 1 amide bonds. The molecule has 0 unspecified atom stereocenters. The highest BCUT2D eigenvalue weighted by molar-refractivity contribution is 6.07. The summed E-state index contributed by atoms with van der Waals surface area (Å²) >= 11 is 0. The van der Waals surface area contributed by atoms with Crippen molar-refractivity contribution < 1.29 is 9.53 Å². The van der Waals surface area contributed by atoms with Crippen molar-refractivity contribution in [1.82, 2.24) is 9.55 Å². The van der Waals surface area contributed by atoms with Gasteiger partial charge in [-0.05, 0) is 43.7 Å². The minimum absolute atomic E-state index is 0.181. The van der Waals surface area contributed by atoms with E-state index in [0.717, 1.165) is 28.2 Å². The Kier molecular flexibility index (Phi) is 5.11. The summed E-state index contributed by atoms with van der Waals surface area (Å²) in [6, 6.07) is 25.2. The molecular formula is C26H24N4O2. The van der Waals surface area contributed by atoms with Crippen LogP contribution in [0.5, 0.6) is 5.75 Å². The molecule has 1 aliphatic rings. The zero-order valence-corrected chi connectivity index (χ0v) is 18.0. The van der Waals surface area contributed by atoms with Gasteiger partial charge in [-0.15, -0.1) is 0 Å². The summed E-state index contributed by atoms with van der Waals surface area (Å²) in [6.07, 6.45) is 0. The zero-order valence-electron chi connectivity index (χ0n) is 18.0. The fraction of sp³-hybridized carbons (Fsp3) is 0.154. The lowest BCUT2D eigenvalue weighted by Crippen LogP contribution is -2.31. The van der Waals surface area contributed by atoms with E-state index in [4.69, 9.17) is 9.72 Å². The van der Waals surface area contributed by atoms with E-state index in [2.05, 4.69) is 15.2 Å². The van der Waals surface area contributed by atoms with Crippen LogP contribution in [0.1, 0.15) is 25.5 Å². The number of hydrogen-bond acceptors (Lipinski definition) is 4. The monoisotopic (exact) mass is 424 g/mol. The number of carbonyl (C=O) groups is 1. The van der Waals surface area contributed by atoms with Gasteiger partial charge in [-0.25, -0.2) is 4.98 Å². The molecule has 4 aromatic rings. The Morgan fingerprint density at radius 3 is 2.56 bits per heavy atom. The smallest absolute Gasteiger partial charge is 0.255 e. The SMILES string of the molecule is CCOc1ccccc1NC(=O)C1=C(C)Nc2nc3ccccc3n2[C@H]1c1ccccc1. The first-order chi connectivity index (χ1) is 15.7. The summed E-state index contributed by atoms with van der Waals surface area (Å²) < 4.78 is 7.80. The number of para-hydroxylation sites is 4. The van der Waals surface area contributed by atoms with Gasteiger partial charge in [0, 0.05) is 5.70 Å². The topological polar surface area (TPSA) is 68.2 Å². The van der Waals surface area contributed by atoms with Gasteiger partial charge in [0.1, 0.15) is 5.75 Å². The molecule has 1 atom stereocenters. The standard InChI is InChI=1S/C26H24N4O2/c1-3-32-22-16-10-8-14-20(22)28-25(31)23-17(2)27-26-29-19-13-7-9-15-21(19)30(26)24(23)18-11-5-4-6-12-18/h4-16,24H,3H2,1-2H3,(H,27,29)(H,28,31)/t24-/m0/s1. The fourth-order valence-corrected chi connectivity index (χ4v) is 4.25. The van der Waals surface area contributed by atoms with Crippen LogP contribution in [-0.2, 0) is 4.79 Å². The molecule has 0 spiro atoms. The van der Waals surface area contributed by atoms with Crippen LogP contribution in [0.15, 0.2) is 90.1 Å². The average molecular weight is 425 g/mol. The predicted molar refractivity (Wildman–Crippen MR) is 127 cm³/mol. The molecule has 1 aromatic heterocycles. The van der Waals surface area contributed by atoms with Crippen molar-refractivity contribution in [3.05, 3.63) is 95.7 Å². The van der Waals surface area contributed by atoms with Crippen molar-refractivity contribution in [2.45, 2.75) is 19.9 Å². The molecule has 0 radical (unpaired) electrons. The molecule has 32 heavy (non-hydrogen) atoms. The summed E-state index contributed by atoms with van der Waals surface area (Å²) in [5, 5.41) is 6.42. The van der Waals surface area contributed by atoms with Crippen LogP contribution in [0, 0.1) is 0 Å². The zero-order chi connectivity index (χ0) is 22.1. The minimum Gasteiger partial charge on any atom is -0.492 e. The Bertz CT molecular complexity index is 1320. The van der Waals surface area contributed by atoms with Gasteiger partial charge in [-0.3, -0.25) is 9.36 Å². The summed E-state index contributed by atoms with van der Waals surface area (Å²) in [5.74, 6) is 1.19. The number of nitrogens with zero attached hydrogens (tertiary/aromatic N) is 2. The molecule has 0 aliphatic carbocycles. The predicted octanol–water partition coefficient (Wildman–Crippen LogP) is 5.36. The maximum atomic E-state index is 13.7. The van der Waals surface area contributed by atoms with Crippen molar-refractivity contribution in [2.75, 3.05) is 17.2 Å². The lowest BCUT2D eigenvalue weighted by atomic mass is 9.94. The van der Waals surface area contributed by atoms with Gasteiger partial charge in [0.15, 0.2) is 0 Å². The maximum absolute atomic E-state index is 13.7. The third-order valence-electron chi connectivity index (χ3n) is 5.63. The number of ether oxygens (including phenoxy) is 1. The number of allylic oxidation sites excluding steroid dienone is 1. The second-order valence-electron chi connectivity index (χ2n) is 7.65. The molecule has 1 aliphatic heterocycles. The van der Waals surface area contributed by atoms with Crippen molar-refractivity contribution in [1.29, 1.82) is 0 Å². The van der Waals surface area contributed by atoms with Gasteiger partial charge in [-0.2, -0.15) is 0 Å². The van der Waals surface area contributed by atoms with E-state index in [9.17, 15) is 4.79 Å². The molecule has 0 saturated heterocycles. The highest BCUT2D eigenvalue weighted by Crippen LogP contribution is 2.39. The van der Waals surface area contributed by atoms with E-state index in [1.165, 1.54) is 0 Å². The van der Waals surface area contributed by atoms with Crippen LogP contribution >= 0.6 is 0 Å². The molecule has 2 N–H and O–H groups in total. The lowest BCUT2D eigenvalue weighted by molar-refractivity contribution is -0.113. The van der Waals surface area contributed by atoms with Gasteiger partial charge in [0.05, 0.1) is 34.9 Å². The number of fused-ring (bicyclic) bond motifs is 3. The number of imidazole rings is 1. The Balaban J connectivity index is 1.63. The van der Waals surface area contributed by atoms with Gasteiger partial charge in [0.2, 0.25) is 5.95 Å². The van der Waals surface area contributed by atoms with Gasteiger partial charge >= 0.3 is 0 Å². The van der Waals surface area contributed by atoms with E-state index >= 15 is 0 Å². The number of carbonyl (C=O) groups excluding carboxylic acids is 1. The average Bonchev–Trinajstić information content (AvgIpc) is 3.18. The number of benzene rings is 3. The number of anilines is 2. The first-order valence-corrected chi connectivity index (χ1v) is 10.7. The maximum Gasteiger partial charge on any atom is 0.255 e. The molecule has 3 aromatic carbocycles. The summed E-state index contributed by atoms with van der Waals surface area (Å²) in [6.45, 7) is 4.36. The van der Waals surface area contributed by atoms with Crippen LogP contribution in [0.4, 0.5) is 11.6 Å². The van der Waals surface area contributed by atoms with Crippen molar-refractivity contribution >= 4 is 28.6 Å². The Hall–Kier alpha value is -4.06. The van der Waals surface area contributed by atoms with Crippen molar-refractivity contribution in [3.63, 3.8) is 0 Å². The summed E-state index contributed by atoms with van der Waals surface area (Å²) in [4.78, 5) is 18.4. The van der Waals surface area contributed by atoms with Crippen LogP contribution in [-0.4, -0.2) is 22.1 Å². The molecular weight excluding hydrogens is 400 g/mol. The molecule has 2 heterocycles. The quantitative estimate of drug-likeness (QED) is 0.452. The number of hydrogen-bond donors (Lipinski definition) is 2. The molecule has 6 nitrogen and oxygen atoms in total. The first kappa shape index (κ1) is 19.9. The van der Waals surface area contributed by atoms with E-state index < -0.39 is 0 Å². The van der Waals surface area contributed by atoms with E-state index in [0.29, 0.717) is 23.6 Å². The normalized spacial score (nSPS) is 15.2. The van der Waals surface area contributed by atoms with Crippen LogP contribution in [0.2, 0.25) is 0 Å². The van der Waals surface area contributed by atoms with Crippen LogP contribution in [0.25, 0.3) is 11.0 Å². The minimum atomic E-state index is -0.320. The Morgan fingerprint density at radius 2 is 1.75 bits per heavy atom. The first-order valence-electron chi connectivity index (χ1n) is 10.7. The second-order valence-corrected chi connectivity index (χ2v) is 7.65. The molecule has 0 fully saturated rings.